The predicted octanol–water partition coefficient (Wildman–Crippen LogP) is 5.42. The first-order chi connectivity index (χ1) is 10.2. The van der Waals surface area contributed by atoms with Gasteiger partial charge < -0.3 is 5.32 Å². The van der Waals surface area contributed by atoms with Gasteiger partial charge >= 0.3 is 0 Å². The number of aryl methyl sites for hydroxylation is 1. The summed E-state index contributed by atoms with van der Waals surface area (Å²) in [7, 11) is 0. The Bertz CT molecular complexity index is 863. The SMILES string of the molecule is Cc1ccc(Cl)c(Nc2ccc(C#N)c3ccccc23)c1. The molecule has 0 aromatic heterocycles. The number of nitrogens with zero attached hydrogens (tertiary/aromatic N) is 1. The summed E-state index contributed by atoms with van der Waals surface area (Å²) < 4.78 is 0. The van der Waals surface area contributed by atoms with Crippen LogP contribution in [0.1, 0.15) is 11.1 Å². The molecule has 0 aliphatic carbocycles. The van der Waals surface area contributed by atoms with Gasteiger partial charge in [0.15, 0.2) is 0 Å². The van der Waals surface area contributed by atoms with E-state index < -0.39 is 0 Å². The maximum absolute atomic E-state index is 9.21. The summed E-state index contributed by atoms with van der Waals surface area (Å²) in [6, 6.07) is 19.7. The number of nitrogens with one attached hydrogen (secondary N) is 1. The molecule has 3 aromatic carbocycles. The third-order valence-electron chi connectivity index (χ3n) is 3.44. The van der Waals surface area contributed by atoms with Gasteiger partial charge in [0, 0.05) is 16.5 Å². The summed E-state index contributed by atoms with van der Waals surface area (Å²) in [4.78, 5) is 0. The molecule has 0 saturated heterocycles. The van der Waals surface area contributed by atoms with E-state index >= 15 is 0 Å². The molecule has 0 unspecified atom stereocenters. The molecule has 0 fully saturated rings. The van der Waals surface area contributed by atoms with Crippen LogP contribution in [0.15, 0.2) is 54.6 Å². The second-order valence-electron chi connectivity index (χ2n) is 4.93. The molecule has 0 aliphatic rings. The van der Waals surface area contributed by atoms with Crippen molar-refractivity contribution in [1.82, 2.24) is 0 Å². The van der Waals surface area contributed by atoms with Crippen LogP contribution in [0.4, 0.5) is 11.4 Å². The highest BCUT2D eigenvalue weighted by Gasteiger charge is 2.07. The lowest BCUT2D eigenvalue weighted by Crippen LogP contribution is -1.94. The Balaban J connectivity index is 2.14. The molecule has 21 heavy (non-hydrogen) atoms. The number of benzene rings is 3. The van der Waals surface area contributed by atoms with Gasteiger partial charge in [-0.1, -0.05) is 41.9 Å². The van der Waals surface area contributed by atoms with Gasteiger partial charge in [0.05, 0.1) is 22.3 Å². The van der Waals surface area contributed by atoms with Crippen LogP contribution in [0, 0.1) is 18.3 Å². The Kier molecular flexibility index (Phi) is 3.51. The summed E-state index contributed by atoms with van der Waals surface area (Å²) in [6.45, 7) is 2.03. The minimum Gasteiger partial charge on any atom is -0.354 e. The van der Waals surface area contributed by atoms with Crippen LogP contribution < -0.4 is 5.32 Å². The van der Waals surface area contributed by atoms with E-state index in [2.05, 4.69) is 11.4 Å². The zero-order valence-electron chi connectivity index (χ0n) is 11.5. The Labute approximate surface area is 128 Å². The van der Waals surface area contributed by atoms with Crippen LogP contribution in [0.25, 0.3) is 10.8 Å². The molecule has 0 bridgehead atoms. The van der Waals surface area contributed by atoms with Crippen LogP contribution in [0.2, 0.25) is 5.02 Å². The van der Waals surface area contributed by atoms with Crippen molar-refractivity contribution < 1.29 is 0 Å². The minimum atomic E-state index is 0.673. The predicted molar refractivity (Wildman–Crippen MR) is 88.1 cm³/mol. The van der Waals surface area contributed by atoms with E-state index in [4.69, 9.17) is 11.6 Å². The quantitative estimate of drug-likeness (QED) is 0.685. The zero-order valence-corrected chi connectivity index (χ0v) is 12.3. The summed E-state index contributed by atoms with van der Waals surface area (Å²) >= 11 is 6.24. The van der Waals surface area contributed by atoms with Gasteiger partial charge in [-0.25, -0.2) is 0 Å². The maximum Gasteiger partial charge on any atom is 0.0998 e. The molecule has 3 rings (SSSR count). The maximum atomic E-state index is 9.21. The molecule has 3 aromatic rings. The van der Waals surface area contributed by atoms with E-state index in [1.165, 1.54) is 0 Å². The third-order valence-corrected chi connectivity index (χ3v) is 3.77. The Morgan fingerprint density at radius 1 is 0.952 bits per heavy atom. The van der Waals surface area contributed by atoms with Gasteiger partial charge in [0.25, 0.3) is 0 Å². The topological polar surface area (TPSA) is 35.8 Å². The van der Waals surface area contributed by atoms with Gasteiger partial charge in [0.1, 0.15) is 0 Å². The van der Waals surface area contributed by atoms with Gasteiger partial charge in [-0.2, -0.15) is 5.26 Å². The van der Waals surface area contributed by atoms with E-state index in [-0.39, 0.29) is 0 Å². The fourth-order valence-electron chi connectivity index (χ4n) is 2.39. The van der Waals surface area contributed by atoms with E-state index in [0.29, 0.717) is 10.6 Å². The van der Waals surface area contributed by atoms with Crippen molar-refractivity contribution >= 4 is 33.7 Å². The van der Waals surface area contributed by atoms with Gasteiger partial charge in [-0.05, 0) is 36.8 Å². The standard InChI is InChI=1S/C18H13ClN2/c1-12-6-8-16(19)18(10-12)21-17-9-7-13(11-20)14-4-2-3-5-15(14)17/h2-10,21H,1H3. The van der Waals surface area contributed by atoms with E-state index in [1.54, 1.807) is 0 Å². The number of nitriles is 1. The molecular weight excluding hydrogens is 280 g/mol. The number of fused-ring (bicyclic) bond motifs is 1. The van der Waals surface area contributed by atoms with E-state index in [9.17, 15) is 5.26 Å². The lowest BCUT2D eigenvalue weighted by molar-refractivity contribution is 1.45. The second kappa shape index (κ2) is 5.47. The molecule has 0 radical (unpaired) electrons. The van der Waals surface area contributed by atoms with Crippen molar-refractivity contribution in [2.45, 2.75) is 6.92 Å². The molecule has 1 N–H and O–H groups in total. The molecule has 0 spiro atoms. The Hall–Kier alpha value is -2.50. The summed E-state index contributed by atoms with van der Waals surface area (Å²) in [5.74, 6) is 0. The fraction of sp³-hybridized carbons (Fsp3) is 0.0556. The number of halogens is 1. The number of hydrogen-bond donors (Lipinski definition) is 1. The molecule has 0 heterocycles. The van der Waals surface area contributed by atoms with Gasteiger partial charge in [-0.3, -0.25) is 0 Å². The van der Waals surface area contributed by atoms with E-state index in [1.807, 2.05) is 61.5 Å². The first-order valence-electron chi connectivity index (χ1n) is 6.64. The molecule has 3 heteroatoms. The first-order valence-corrected chi connectivity index (χ1v) is 7.02. The molecule has 0 amide bonds. The third kappa shape index (κ3) is 2.56. The van der Waals surface area contributed by atoms with Crippen molar-refractivity contribution in [2.75, 3.05) is 5.32 Å². The van der Waals surface area contributed by atoms with Crippen molar-refractivity contribution in [3.8, 4) is 6.07 Å². The second-order valence-corrected chi connectivity index (χ2v) is 5.33. The summed E-state index contributed by atoms with van der Waals surface area (Å²) in [5.41, 5.74) is 3.62. The lowest BCUT2D eigenvalue weighted by atomic mass is 10.0. The minimum absolute atomic E-state index is 0.673. The highest BCUT2D eigenvalue weighted by atomic mass is 35.5. The van der Waals surface area contributed by atoms with Crippen molar-refractivity contribution in [2.24, 2.45) is 0 Å². The lowest BCUT2D eigenvalue weighted by Gasteiger charge is -2.12. The molecule has 0 aliphatic heterocycles. The van der Waals surface area contributed by atoms with Gasteiger partial charge in [-0.15, -0.1) is 0 Å². The number of anilines is 2. The summed E-state index contributed by atoms with van der Waals surface area (Å²) in [6.07, 6.45) is 0. The highest BCUT2D eigenvalue weighted by Crippen LogP contribution is 2.32. The fourth-order valence-corrected chi connectivity index (χ4v) is 2.55. The average molecular weight is 293 g/mol. The van der Waals surface area contributed by atoms with Crippen LogP contribution >= 0.6 is 11.6 Å². The van der Waals surface area contributed by atoms with Crippen molar-refractivity contribution in [3.63, 3.8) is 0 Å². The summed E-state index contributed by atoms with van der Waals surface area (Å²) in [5, 5.41) is 15.2. The zero-order chi connectivity index (χ0) is 14.8. The van der Waals surface area contributed by atoms with Crippen molar-refractivity contribution in [1.29, 1.82) is 5.26 Å². The molecule has 102 valence electrons. The van der Waals surface area contributed by atoms with Crippen molar-refractivity contribution in [3.05, 3.63) is 70.7 Å². The first kappa shape index (κ1) is 13.5. The Morgan fingerprint density at radius 2 is 1.71 bits per heavy atom. The molecular formula is C18H13ClN2. The van der Waals surface area contributed by atoms with Crippen LogP contribution in [-0.2, 0) is 0 Å². The van der Waals surface area contributed by atoms with Crippen LogP contribution in [-0.4, -0.2) is 0 Å². The Morgan fingerprint density at radius 3 is 2.48 bits per heavy atom. The highest BCUT2D eigenvalue weighted by molar-refractivity contribution is 6.33. The molecule has 2 nitrogen and oxygen atoms in total. The van der Waals surface area contributed by atoms with Crippen LogP contribution in [0.3, 0.4) is 0 Å². The normalized spacial score (nSPS) is 10.3. The number of rotatable bonds is 2. The molecule has 0 saturated carbocycles. The largest absolute Gasteiger partial charge is 0.354 e. The van der Waals surface area contributed by atoms with E-state index in [0.717, 1.165) is 27.7 Å². The van der Waals surface area contributed by atoms with Gasteiger partial charge in [0.2, 0.25) is 0 Å². The number of hydrogen-bond acceptors (Lipinski definition) is 2. The van der Waals surface area contributed by atoms with Crippen LogP contribution in [0.5, 0.6) is 0 Å². The molecule has 0 atom stereocenters. The average Bonchev–Trinajstić information content (AvgIpc) is 2.51. The monoisotopic (exact) mass is 292 g/mol. The smallest absolute Gasteiger partial charge is 0.0998 e.